The third kappa shape index (κ3) is 2.72. The second kappa shape index (κ2) is 5.30. The first-order valence-electron chi connectivity index (χ1n) is 4.70. The summed E-state index contributed by atoms with van der Waals surface area (Å²) >= 11 is 3.22. The van der Waals surface area contributed by atoms with Crippen LogP contribution in [0.15, 0.2) is 10.5 Å². The Morgan fingerprint density at radius 3 is 2.75 bits per heavy atom. The fourth-order valence-electron chi connectivity index (χ4n) is 1.41. The summed E-state index contributed by atoms with van der Waals surface area (Å²) in [7, 11) is 1.38. The highest BCUT2D eigenvalue weighted by molar-refractivity contribution is 9.10. The maximum atomic E-state index is 13.8. The van der Waals surface area contributed by atoms with Gasteiger partial charge in [0.2, 0.25) is 0 Å². The van der Waals surface area contributed by atoms with E-state index in [2.05, 4.69) is 15.9 Å². The molecule has 1 aromatic rings. The van der Waals surface area contributed by atoms with Crippen molar-refractivity contribution in [2.75, 3.05) is 7.11 Å². The molecule has 0 bridgehead atoms. The molecular formula is C11H12BrFO3. The van der Waals surface area contributed by atoms with Crippen LogP contribution in [0.1, 0.15) is 17.5 Å². The fraction of sp³-hybridized carbons (Fsp3) is 0.364. The first-order chi connectivity index (χ1) is 7.47. The summed E-state index contributed by atoms with van der Waals surface area (Å²) in [6.45, 7) is 1.80. The van der Waals surface area contributed by atoms with E-state index in [1.54, 1.807) is 13.0 Å². The lowest BCUT2D eigenvalue weighted by Crippen LogP contribution is -2.02. The second-order valence-corrected chi connectivity index (χ2v) is 4.20. The van der Waals surface area contributed by atoms with Gasteiger partial charge in [0.15, 0.2) is 11.6 Å². The number of benzene rings is 1. The average molecular weight is 291 g/mol. The molecule has 1 rings (SSSR count). The van der Waals surface area contributed by atoms with Gasteiger partial charge in [-0.2, -0.15) is 0 Å². The number of aliphatic carboxylic acids is 1. The van der Waals surface area contributed by atoms with Gasteiger partial charge in [-0.3, -0.25) is 4.79 Å². The minimum atomic E-state index is -0.945. The van der Waals surface area contributed by atoms with E-state index in [0.717, 1.165) is 5.56 Å². The lowest BCUT2D eigenvalue weighted by atomic mass is 10.1. The molecule has 88 valence electrons. The van der Waals surface area contributed by atoms with Crippen LogP contribution in [0.3, 0.4) is 0 Å². The molecule has 16 heavy (non-hydrogen) atoms. The molecule has 3 nitrogen and oxygen atoms in total. The quantitative estimate of drug-likeness (QED) is 0.927. The lowest BCUT2D eigenvalue weighted by Gasteiger charge is -2.11. The van der Waals surface area contributed by atoms with Crippen molar-refractivity contribution in [3.05, 3.63) is 27.5 Å². The van der Waals surface area contributed by atoms with Crippen LogP contribution >= 0.6 is 15.9 Å². The monoisotopic (exact) mass is 290 g/mol. The topological polar surface area (TPSA) is 46.5 Å². The van der Waals surface area contributed by atoms with E-state index in [1.165, 1.54) is 7.11 Å². The molecule has 0 saturated carbocycles. The molecular weight excluding hydrogens is 279 g/mol. The third-order valence-electron chi connectivity index (χ3n) is 2.23. The lowest BCUT2D eigenvalue weighted by molar-refractivity contribution is -0.136. The number of aryl methyl sites for hydroxylation is 2. The summed E-state index contributed by atoms with van der Waals surface area (Å²) in [5, 5.41) is 8.55. The van der Waals surface area contributed by atoms with Crippen LogP contribution in [-0.4, -0.2) is 18.2 Å². The summed E-state index contributed by atoms with van der Waals surface area (Å²) < 4.78 is 19.3. The minimum Gasteiger partial charge on any atom is -0.492 e. The van der Waals surface area contributed by atoms with Crippen LogP contribution in [0.25, 0.3) is 0 Å². The number of carboxylic acid groups (broad SMARTS) is 1. The summed E-state index contributed by atoms with van der Waals surface area (Å²) in [6.07, 6.45) is 0.0623. The predicted octanol–water partition coefficient (Wildman–Crippen LogP) is 2.92. The van der Waals surface area contributed by atoms with Crippen molar-refractivity contribution in [2.45, 2.75) is 19.8 Å². The Hall–Kier alpha value is -1.10. The Balaban J connectivity index is 3.10. The minimum absolute atomic E-state index is 0.0961. The highest BCUT2D eigenvalue weighted by atomic mass is 79.9. The normalized spacial score (nSPS) is 10.2. The van der Waals surface area contributed by atoms with Crippen molar-refractivity contribution >= 4 is 21.9 Å². The summed E-state index contributed by atoms with van der Waals surface area (Å²) in [5.41, 5.74) is 1.18. The van der Waals surface area contributed by atoms with Gasteiger partial charge in [0.25, 0.3) is 0 Å². The molecule has 0 aliphatic rings. The molecule has 0 saturated heterocycles. The number of rotatable bonds is 4. The van der Waals surface area contributed by atoms with Crippen LogP contribution in [0.5, 0.6) is 5.75 Å². The molecule has 0 radical (unpaired) electrons. The second-order valence-electron chi connectivity index (χ2n) is 3.41. The Morgan fingerprint density at radius 2 is 2.25 bits per heavy atom. The van der Waals surface area contributed by atoms with Crippen molar-refractivity contribution in [1.82, 2.24) is 0 Å². The Labute approximate surface area is 101 Å². The average Bonchev–Trinajstić information content (AvgIpc) is 2.22. The van der Waals surface area contributed by atoms with Crippen molar-refractivity contribution in [1.29, 1.82) is 0 Å². The third-order valence-corrected chi connectivity index (χ3v) is 3.22. The van der Waals surface area contributed by atoms with Crippen LogP contribution in [0, 0.1) is 12.7 Å². The zero-order valence-corrected chi connectivity index (χ0v) is 10.6. The zero-order chi connectivity index (χ0) is 12.3. The van der Waals surface area contributed by atoms with Gasteiger partial charge < -0.3 is 9.84 Å². The molecule has 5 heteroatoms. The number of halogens is 2. The Morgan fingerprint density at radius 1 is 1.62 bits per heavy atom. The van der Waals surface area contributed by atoms with Gasteiger partial charge in [-0.1, -0.05) is 6.07 Å². The van der Waals surface area contributed by atoms with Gasteiger partial charge in [-0.25, -0.2) is 4.39 Å². The van der Waals surface area contributed by atoms with Gasteiger partial charge in [0, 0.05) is 6.42 Å². The zero-order valence-electron chi connectivity index (χ0n) is 9.01. The van der Waals surface area contributed by atoms with Crippen LogP contribution in [-0.2, 0) is 11.2 Å². The van der Waals surface area contributed by atoms with Crippen molar-refractivity contribution < 1.29 is 19.0 Å². The van der Waals surface area contributed by atoms with Gasteiger partial charge in [-0.05, 0) is 40.4 Å². The molecule has 0 aliphatic carbocycles. The van der Waals surface area contributed by atoms with E-state index in [1.807, 2.05) is 0 Å². The summed E-state index contributed by atoms with van der Waals surface area (Å²) in [6, 6.07) is 1.63. The molecule has 1 N–H and O–H groups in total. The van der Waals surface area contributed by atoms with E-state index in [4.69, 9.17) is 9.84 Å². The molecule has 0 spiro atoms. The van der Waals surface area contributed by atoms with Crippen molar-refractivity contribution in [3.63, 3.8) is 0 Å². The number of hydrogen-bond donors (Lipinski definition) is 1. The molecule has 1 aromatic carbocycles. The Bertz CT molecular complexity index is 418. The SMILES string of the molecule is COc1c(F)c(CCC(=O)O)cc(C)c1Br. The van der Waals surface area contributed by atoms with Crippen LogP contribution in [0.2, 0.25) is 0 Å². The molecule has 0 unspecified atom stereocenters. The molecule has 0 fully saturated rings. The van der Waals surface area contributed by atoms with Crippen molar-refractivity contribution in [3.8, 4) is 5.75 Å². The van der Waals surface area contributed by atoms with Gasteiger partial charge in [-0.15, -0.1) is 0 Å². The largest absolute Gasteiger partial charge is 0.492 e. The number of ether oxygens (including phenoxy) is 1. The van der Waals surface area contributed by atoms with Crippen LogP contribution in [0.4, 0.5) is 4.39 Å². The maximum absolute atomic E-state index is 13.8. The number of carbonyl (C=O) groups is 1. The predicted molar refractivity (Wildman–Crippen MR) is 61.3 cm³/mol. The highest BCUT2D eigenvalue weighted by Crippen LogP contribution is 2.33. The van der Waals surface area contributed by atoms with E-state index < -0.39 is 11.8 Å². The molecule has 0 aromatic heterocycles. The maximum Gasteiger partial charge on any atom is 0.303 e. The van der Waals surface area contributed by atoms with Crippen LogP contribution < -0.4 is 4.74 Å². The summed E-state index contributed by atoms with van der Waals surface area (Å²) in [5.74, 6) is -1.32. The van der Waals surface area contributed by atoms with Gasteiger partial charge in [0.05, 0.1) is 11.6 Å². The summed E-state index contributed by atoms with van der Waals surface area (Å²) in [4.78, 5) is 10.4. The smallest absolute Gasteiger partial charge is 0.303 e. The number of methoxy groups -OCH3 is 1. The Kier molecular flexibility index (Phi) is 4.29. The first-order valence-corrected chi connectivity index (χ1v) is 5.50. The van der Waals surface area contributed by atoms with E-state index in [-0.39, 0.29) is 18.6 Å². The van der Waals surface area contributed by atoms with E-state index >= 15 is 0 Å². The standard InChI is InChI=1S/C11H12BrFO3/c1-6-5-7(3-4-8(14)15)10(13)11(16-2)9(6)12/h5H,3-4H2,1-2H3,(H,14,15). The van der Waals surface area contributed by atoms with Gasteiger partial charge in [0.1, 0.15) is 0 Å². The van der Waals surface area contributed by atoms with Gasteiger partial charge >= 0.3 is 5.97 Å². The number of hydrogen-bond acceptors (Lipinski definition) is 2. The molecule has 0 aliphatic heterocycles. The van der Waals surface area contributed by atoms with E-state index in [0.29, 0.717) is 10.0 Å². The highest BCUT2D eigenvalue weighted by Gasteiger charge is 2.15. The first kappa shape index (κ1) is 13.0. The van der Waals surface area contributed by atoms with Crippen molar-refractivity contribution in [2.24, 2.45) is 0 Å². The number of carboxylic acids is 1. The fourth-order valence-corrected chi connectivity index (χ4v) is 1.86. The molecule has 0 atom stereocenters. The molecule has 0 amide bonds. The van der Waals surface area contributed by atoms with E-state index in [9.17, 15) is 9.18 Å². The molecule has 0 heterocycles.